The van der Waals surface area contributed by atoms with Crippen LogP contribution >= 0.6 is 0 Å². The second-order valence-electron chi connectivity index (χ2n) is 10.8. The molecule has 7 nitrogen and oxygen atoms in total. The Bertz CT molecular complexity index is 813. The maximum atomic E-state index is 12.9. The molecule has 3 N–H and O–H groups in total. The summed E-state index contributed by atoms with van der Waals surface area (Å²) in [5.41, 5.74) is 0.487. The van der Waals surface area contributed by atoms with Crippen molar-refractivity contribution in [2.24, 2.45) is 29.1 Å². The minimum absolute atomic E-state index is 0.0168. The van der Waals surface area contributed by atoms with Crippen LogP contribution in [0.1, 0.15) is 82.5 Å². The van der Waals surface area contributed by atoms with Crippen molar-refractivity contribution in [3.63, 3.8) is 0 Å². The van der Waals surface area contributed by atoms with Gasteiger partial charge in [0.15, 0.2) is 0 Å². The number of nitrogens with zero attached hydrogens (tertiary/aromatic N) is 2. The summed E-state index contributed by atoms with van der Waals surface area (Å²) in [4.78, 5) is 33.5. The van der Waals surface area contributed by atoms with Crippen molar-refractivity contribution in [1.29, 1.82) is 0 Å². The van der Waals surface area contributed by atoms with Crippen molar-refractivity contribution in [2.75, 3.05) is 0 Å². The molecular formula is C25H38N4O3. The lowest BCUT2D eigenvalue weighted by atomic mass is 9.51. The number of carbonyl (C=O) groups is 2. The van der Waals surface area contributed by atoms with Gasteiger partial charge in [0.05, 0.1) is 11.7 Å². The van der Waals surface area contributed by atoms with Crippen LogP contribution in [0.15, 0.2) is 18.7 Å². The molecule has 3 aliphatic rings. The van der Waals surface area contributed by atoms with E-state index in [2.05, 4.69) is 34.4 Å². The van der Waals surface area contributed by atoms with E-state index in [1.165, 1.54) is 31.6 Å². The summed E-state index contributed by atoms with van der Waals surface area (Å²) in [5.74, 6) is -0.175. The number of hydrogen-bond acceptors (Lipinski definition) is 5. The predicted octanol–water partition coefficient (Wildman–Crippen LogP) is 3.09. The maximum absolute atomic E-state index is 12.9. The molecule has 0 bridgehead atoms. The van der Waals surface area contributed by atoms with Crippen LogP contribution in [-0.4, -0.2) is 45.1 Å². The van der Waals surface area contributed by atoms with Gasteiger partial charge in [-0.25, -0.2) is 9.97 Å². The first kappa shape index (κ1) is 23.1. The predicted molar refractivity (Wildman–Crippen MR) is 122 cm³/mol. The number of aliphatic hydroxyl groups is 1. The Morgan fingerprint density at radius 1 is 1.09 bits per heavy atom. The summed E-state index contributed by atoms with van der Waals surface area (Å²) in [6, 6.07) is 0.280. The highest BCUT2D eigenvalue weighted by molar-refractivity contribution is 5.93. The van der Waals surface area contributed by atoms with Crippen LogP contribution < -0.4 is 10.6 Å². The Balaban J connectivity index is 1.44. The third-order valence-corrected chi connectivity index (χ3v) is 8.78. The number of aromatic nitrogens is 2. The van der Waals surface area contributed by atoms with E-state index in [1.54, 1.807) is 0 Å². The van der Waals surface area contributed by atoms with E-state index in [9.17, 15) is 14.7 Å². The molecule has 1 heterocycles. The summed E-state index contributed by atoms with van der Waals surface area (Å²) < 4.78 is 0. The molecule has 0 radical (unpaired) electrons. The van der Waals surface area contributed by atoms with Gasteiger partial charge in [-0.1, -0.05) is 33.6 Å². The normalized spacial score (nSPS) is 36.2. The average molecular weight is 443 g/mol. The van der Waals surface area contributed by atoms with Gasteiger partial charge in [0.1, 0.15) is 6.33 Å². The topological polar surface area (TPSA) is 104 Å². The Labute approximate surface area is 191 Å². The number of fused-ring (bicyclic) bond motifs is 1. The van der Waals surface area contributed by atoms with Crippen molar-refractivity contribution in [3.05, 3.63) is 24.3 Å². The summed E-state index contributed by atoms with van der Waals surface area (Å²) in [6.45, 7) is 6.40. The van der Waals surface area contributed by atoms with Crippen LogP contribution in [0, 0.1) is 29.1 Å². The van der Waals surface area contributed by atoms with Gasteiger partial charge in [-0.05, 0) is 61.7 Å². The standard InChI is InChI=1S/C25H38N4O3/c1-15(23(31)28-18-6-4-5-7-18)19-8-10-25(3)11-9-20(16(2)21(25)22(19)30)29-24(32)17-12-26-14-27-13-17/h12-16,18-22,30H,4-11H2,1-3H3,(H,28,31)(H,29,32)/t15-,16+,19?,20-,21+,22-,25-/m0/s1. The maximum Gasteiger partial charge on any atom is 0.254 e. The van der Waals surface area contributed by atoms with Gasteiger partial charge < -0.3 is 15.7 Å². The fraction of sp³-hybridized carbons (Fsp3) is 0.760. The van der Waals surface area contributed by atoms with Crippen LogP contribution in [0.4, 0.5) is 0 Å². The highest BCUT2D eigenvalue weighted by atomic mass is 16.3. The largest absolute Gasteiger partial charge is 0.392 e. The molecule has 176 valence electrons. The molecule has 3 fully saturated rings. The molecule has 1 aromatic rings. The number of hydrogen-bond donors (Lipinski definition) is 3. The molecule has 32 heavy (non-hydrogen) atoms. The second-order valence-corrected chi connectivity index (χ2v) is 10.8. The van der Waals surface area contributed by atoms with Crippen molar-refractivity contribution in [3.8, 4) is 0 Å². The number of aliphatic hydroxyl groups excluding tert-OH is 1. The minimum atomic E-state index is -0.548. The highest BCUT2D eigenvalue weighted by Gasteiger charge is 2.54. The number of carbonyl (C=O) groups excluding carboxylic acids is 2. The molecular weight excluding hydrogens is 404 g/mol. The molecule has 3 saturated carbocycles. The zero-order valence-corrected chi connectivity index (χ0v) is 19.6. The zero-order valence-electron chi connectivity index (χ0n) is 19.6. The van der Waals surface area contributed by atoms with Crippen LogP contribution in [0.5, 0.6) is 0 Å². The van der Waals surface area contributed by atoms with Crippen molar-refractivity contribution >= 4 is 11.8 Å². The van der Waals surface area contributed by atoms with Gasteiger partial charge in [-0.3, -0.25) is 9.59 Å². The lowest BCUT2D eigenvalue weighted by molar-refractivity contribution is -0.142. The zero-order chi connectivity index (χ0) is 22.9. The van der Waals surface area contributed by atoms with E-state index in [4.69, 9.17) is 0 Å². The third-order valence-electron chi connectivity index (χ3n) is 8.78. The fourth-order valence-corrected chi connectivity index (χ4v) is 6.76. The number of nitrogens with one attached hydrogen (secondary N) is 2. The highest BCUT2D eigenvalue weighted by Crippen LogP contribution is 2.55. The Morgan fingerprint density at radius 3 is 2.44 bits per heavy atom. The summed E-state index contributed by atoms with van der Waals surface area (Å²) in [6.07, 6.45) is 12.2. The van der Waals surface area contributed by atoms with E-state index >= 15 is 0 Å². The molecule has 2 amide bonds. The quantitative estimate of drug-likeness (QED) is 0.650. The minimum Gasteiger partial charge on any atom is -0.392 e. The van der Waals surface area contributed by atoms with Gasteiger partial charge >= 0.3 is 0 Å². The first-order valence-electron chi connectivity index (χ1n) is 12.3. The van der Waals surface area contributed by atoms with Gasteiger partial charge in [0.25, 0.3) is 5.91 Å². The smallest absolute Gasteiger partial charge is 0.254 e. The monoisotopic (exact) mass is 442 g/mol. The number of amides is 2. The van der Waals surface area contributed by atoms with E-state index < -0.39 is 6.10 Å². The first-order chi connectivity index (χ1) is 15.3. The van der Waals surface area contributed by atoms with E-state index in [0.29, 0.717) is 11.6 Å². The Hall–Kier alpha value is -2.02. The SMILES string of the molecule is C[C@H]1[C@@H]2[C@@H](O)C([C@H](C)C(=O)NC3CCCC3)CC[C@@]2(C)CC[C@@H]1NC(=O)c1cncnc1. The van der Waals surface area contributed by atoms with Crippen LogP contribution in [-0.2, 0) is 4.79 Å². The number of rotatable bonds is 5. The average Bonchev–Trinajstić information content (AvgIpc) is 3.29. The molecule has 0 aliphatic heterocycles. The second kappa shape index (κ2) is 9.46. The summed E-state index contributed by atoms with van der Waals surface area (Å²) in [7, 11) is 0. The Morgan fingerprint density at radius 2 is 1.75 bits per heavy atom. The van der Waals surface area contributed by atoms with Crippen LogP contribution in [0.3, 0.4) is 0 Å². The Kier molecular flexibility index (Phi) is 6.84. The summed E-state index contributed by atoms with van der Waals surface area (Å²) in [5, 5.41) is 17.9. The molecule has 1 unspecified atom stereocenters. The van der Waals surface area contributed by atoms with Crippen LogP contribution in [0.25, 0.3) is 0 Å². The van der Waals surface area contributed by atoms with Crippen molar-refractivity contribution in [1.82, 2.24) is 20.6 Å². The third kappa shape index (κ3) is 4.54. The lowest BCUT2D eigenvalue weighted by Gasteiger charge is -2.56. The van der Waals surface area contributed by atoms with Gasteiger partial charge in [-0.15, -0.1) is 0 Å². The molecule has 7 atom stereocenters. The van der Waals surface area contributed by atoms with Crippen molar-refractivity contribution in [2.45, 2.75) is 90.3 Å². The van der Waals surface area contributed by atoms with E-state index in [0.717, 1.165) is 38.5 Å². The first-order valence-corrected chi connectivity index (χ1v) is 12.3. The van der Waals surface area contributed by atoms with Gasteiger partial charge in [0, 0.05) is 30.4 Å². The molecule has 1 aromatic heterocycles. The van der Waals surface area contributed by atoms with Gasteiger partial charge in [0.2, 0.25) is 5.91 Å². The van der Waals surface area contributed by atoms with E-state index in [1.807, 2.05) is 6.92 Å². The molecule has 3 aliphatic carbocycles. The van der Waals surface area contributed by atoms with Gasteiger partial charge in [-0.2, -0.15) is 0 Å². The summed E-state index contributed by atoms with van der Waals surface area (Å²) >= 11 is 0. The lowest BCUT2D eigenvalue weighted by Crippen LogP contribution is -2.58. The molecule has 4 rings (SSSR count). The van der Waals surface area contributed by atoms with E-state index in [-0.39, 0.29) is 46.9 Å². The molecule has 7 heteroatoms. The molecule has 0 spiro atoms. The fourth-order valence-electron chi connectivity index (χ4n) is 6.76. The van der Waals surface area contributed by atoms with Crippen LogP contribution in [0.2, 0.25) is 0 Å². The van der Waals surface area contributed by atoms with Crippen molar-refractivity contribution < 1.29 is 14.7 Å². The molecule has 0 aromatic carbocycles. The molecule has 0 saturated heterocycles.